The number of ether oxygens (including phenoxy) is 2. The molecule has 0 saturated carbocycles. The summed E-state index contributed by atoms with van der Waals surface area (Å²) in [5, 5.41) is 3.04. The number of benzene rings is 2. The average Bonchev–Trinajstić information content (AvgIpc) is 2.81. The number of fused-ring (bicyclic) bond motifs is 3. The number of rotatable bonds is 3. The van der Waals surface area contributed by atoms with Crippen LogP contribution in [0, 0.1) is 13.8 Å². The maximum absolute atomic E-state index is 12.5. The predicted octanol–water partition coefficient (Wildman–Crippen LogP) is 4.13. The number of carbonyl (C=O) groups excluding carboxylic acids is 1. The molecule has 0 bridgehead atoms. The lowest BCUT2D eigenvalue weighted by Crippen LogP contribution is -2.07. The van der Waals surface area contributed by atoms with Gasteiger partial charge in [0.25, 0.3) is 0 Å². The first-order valence-corrected chi connectivity index (χ1v) is 7.74. The van der Waals surface area contributed by atoms with Crippen molar-refractivity contribution in [3.8, 4) is 5.75 Å². The molecule has 0 aliphatic heterocycles. The summed E-state index contributed by atoms with van der Waals surface area (Å²) in [6.07, 6.45) is 0. The lowest BCUT2D eigenvalue weighted by molar-refractivity contribution is 0.0527. The lowest BCUT2D eigenvalue weighted by atomic mass is 9.98. The second-order valence-corrected chi connectivity index (χ2v) is 5.67. The Labute approximate surface area is 135 Å². The Hall–Kier alpha value is -2.49. The minimum Gasteiger partial charge on any atom is -0.496 e. The Morgan fingerprint density at radius 3 is 2.43 bits per heavy atom. The van der Waals surface area contributed by atoms with E-state index in [0.717, 1.165) is 38.7 Å². The second-order valence-electron chi connectivity index (χ2n) is 5.67. The Morgan fingerprint density at radius 2 is 1.83 bits per heavy atom. The van der Waals surface area contributed by atoms with E-state index in [1.165, 1.54) is 0 Å². The summed E-state index contributed by atoms with van der Waals surface area (Å²) < 4.78 is 13.0. The number of hydrogen-bond acceptors (Lipinski definition) is 3. The molecule has 2 aromatic carbocycles. The Bertz CT molecular complexity index is 922. The van der Waals surface area contributed by atoms with Crippen LogP contribution in [-0.2, 0) is 11.8 Å². The van der Waals surface area contributed by atoms with Crippen LogP contribution in [0.3, 0.4) is 0 Å². The van der Waals surface area contributed by atoms with E-state index in [9.17, 15) is 4.79 Å². The van der Waals surface area contributed by atoms with Gasteiger partial charge >= 0.3 is 5.97 Å². The van der Waals surface area contributed by atoms with Gasteiger partial charge in [-0.05, 0) is 20.8 Å². The van der Waals surface area contributed by atoms with Crippen molar-refractivity contribution in [1.82, 2.24) is 4.57 Å². The standard InChI is InChI=1S/C19H21NO3/c1-6-23-19(21)16-12(3)20(4)17-13-9-7-8-10-14(13)18(22-5)11(2)15(16)17/h7-10H,6H2,1-5H3. The summed E-state index contributed by atoms with van der Waals surface area (Å²) in [6.45, 7) is 6.13. The Balaban J connectivity index is 2.56. The van der Waals surface area contributed by atoms with Gasteiger partial charge in [-0.15, -0.1) is 0 Å². The molecular formula is C19H21NO3. The second kappa shape index (κ2) is 5.61. The molecule has 4 nitrogen and oxygen atoms in total. The van der Waals surface area contributed by atoms with Crippen LogP contribution in [0.4, 0.5) is 0 Å². The molecule has 0 aliphatic rings. The van der Waals surface area contributed by atoms with Crippen molar-refractivity contribution in [2.24, 2.45) is 7.05 Å². The van der Waals surface area contributed by atoms with E-state index in [1.807, 2.05) is 46.0 Å². The van der Waals surface area contributed by atoms with Gasteiger partial charge in [0.1, 0.15) is 5.75 Å². The van der Waals surface area contributed by atoms with Crippen LogP contribution in [0.25, 0.3) is 21.7 Å². The summed E-state index contributed by atoms with van der Waals surface area (Å²) in [5.74, 6) is 0.528. The molecule has 23 heavy (non-hydrogen) atoms. The van der Waals surface area contributed by atoms with E-state index in [0.29, 0.717) is 12.2 Å². The van der Waals surface area contributed by atoms with Crippen molar-refractivity contribution in [2.75, 3.05) is 13.7 Å². The molecule has 3 aromatic rings. The van der Waals surface area contributed by atoms with Crippen LogP contribution in [0.2, 0.25) is 0 Å². The van der Waals surface area contributed by atoms with Gasteiger partial charge in [0.2, 0.25) is 0 Å². The zero-order valence-electron chi connectivity index (χ0n) is 14.2. The van der Waals surface area contributed by atoms with E-state index in [4.69, 9.17) is 9.47 Å². The molecule has 0 amide bonds. The first-order chi connectivity index (χ1) is 11.0. The number of hydrogen-bond donors (Lipinski definition) is 0. The van der Waals surface area contributed by atoms with E-state index in [-0.39, 0.29) is 5.97 Å². The normalized spacial score (nSPS) is 11.2. The topological polar surface area (TPSA) is 40.5 Å². The summed E-state index contributed by atoms with van der Waals surface area (Å²) >= 11 is 0. The third kappa shape index (κ3) is 2.09. The minimum atomic E-state index is -0.281. The first kappa shape index (κ1) is 15.4. The molecule has 0 fully saturated rings. The van der Waals surface area contributed by atoms with Crippen LogP contribution in [-0.4, -0.2) is 24.3 Å². The van der Waals surface area contributed by atoms with Crippen molar-refractivity contribution in [3.63, 3.8) is 0 Å². The zero-order valence-corrected chi connectivity index (χ0v) is 14.2. The highest BCUT2D eigenvalue weighted by atomic mass is 16.5. The first-order valence-electron chi connectivity index (χ1n) is 7.74. The van der Waals surface area contributed by atoms with Crippen molar-refractivity contribution in [2.45, 2.75) is 20.8 Å². The van der Waals surface area contributed by atoms with Gasteiger partial charge < -0.3 is 14.0 Å². The monoisotopic (exact) mass is 311 g/mol. The molecule has 0 unspecified atom stereocenters. The van der Waals surface area contributed by atoms with Gasteiger partial charge in [-0.1, -0.05) is 24.3 Å². The number of carbonyl (C=O) groups is 1. The van der Waals surface area contributed by atoms with E-state index in [2.05, 4.69) is 10.6 Å². The van der Waals surface area contributed by atoms with Crippen LogP contribution < -0.4 is 4.74 Å². The highest BCUT2D eigenvalue weighted by molar-refractivity contribution is 6.18. The van der Waals surface area contributed by atoms with Gasteiger partial charge in [0.05, 0.1) is 24.8 Å². The lowest BCUT2D eigenvalue weighted by Gasteiger charge is -2.13. The molecule has 3 rings (SSSR count). The fraction of sp³-hybridized carbons (Fsp3) is 0.316. The molecular weight excluding hydrogens is 290 g/mol. The molecule has 1 aromatic heterocycles. The van der Waals surface area contributed by atoms with Crippen molar-refractivity contribution >= 4 is 27.6 Å². The van der Waals surface area contributed by atoms with Gasteiger partial charge in [0, 0.05) is 34.5 Å². The summed E-state index contributed by atoms with van der Waals surface area (Å²) in [6, 6.07) is 8.11. The van der Waals surface area contributed by atoms with Crippen LogP contribution in [0.15, 0.2) is 24.3 Å². The average molecular weight is 311 g/mol. The molecule has 0 atom stereocenters. The fourth-order valence-electron chi connectivity index (χ4n) is 3.40. The fourth-order valence-corrected chi connectivity index (χ4v) is 3.40. The number of nitrogens with zero attached hydrogens (tertiary/aromatic N) is 1. The van der Waals surface area contributed by atoms with E-state index < -0.39 is 0 Å². The smallest absolute Gasteiger partial charge is 0.340 e. The maximum Gasteiger partial charge on any atom is 0.340 e. The van der Waals surface area contributed by atoms with Crippen LogP contribution >= 0.6 is 0 Å². The molecule has 0 aliphatic carbocycles. The molecule has 4 heteroatoms. The summed E-state index contributed by atoms with van der Waals surface area (Å²) in [7, 11) is 3.65. The number of methoxy groups -OCH3 is 1. The highest BCUT2D eigenvalue weighted by Gasteiger charge is 2.25. The number of aryl methyl sites for hydroxylation is 2. The number of esters is 1. The minimum absolute atomic E-state index is 0.281. The van der Waals surface area contributed by atoms with E-state index >= 15 is 0 Å². The van der Waals surface area contributed by atoms with Crippen molar-refractivity contribution < 1.29 is 14.3 Å². The van der Waals surface area contributed by atoms with Gasteiger partial charge in [-0.2, -0.15) is 0 Å². The predicted molar refractivity (Wildman–Crippen MR) is 92.4 cm³/mol. The maximum atomic E-state index is 12.5. The molecule has 0 spiro atoms. The van der Waals surface area contributed by atoms with E-state index in [1.54, 1.807) is 7.11 Å². The van der Waals surface area contributed by atoms with Crippen LogP contribution in [0.5, 0.6) is 5.75 Å². The van der Waals surface area contributed by atoms with Gasteiger partial charge in [-0.3, -0.25) is 0 Å². The third-order valence-corrected chi connectivity index (χ3v) is 4.51. The third-order valence-electron chi connectivity index (χ3n) is 4.51. The van der Waals surface area contributed by atoms with Crippen LogP contribution in [0.1, 0.15) is 28.5 Å². The molecule has 0 N–H and O–H groups in total. The quantitative estimate of drug-likeness (QED) is 0.683. The molecule has 0 radical (unpaired) electrons. The van der Waals surface area contributed by atoms with Gasteiger partial charge in [0.15, 0.2) is 0 Å². The molecule has 1 heterocycles. The largest absolute Gasteiger partial charge is 0.496 e. The Morgan fingerprint density at radius 1 is 1.17 bits per heavy atom. The summed E-state index contributed by atoms with van der Waals surface area (Å²) in [4.78, 5) is 12.5. The molecule has 0 saturated heterocycles. The Kier molecular flexibility index (Phi) is 3.76. The number of aromatic nitrogens is 1. The van der Waals surface area contributed by atoms with Gasteiger partial charge in [-0.25, -0.2) is 4.79 Å². The molecule has 120 valence electrons. The summed E-state index contributed by atoms with van der Waals surface area (Å²) in [5.41, 5.74) is 3.54. The van der Waals surface area contributed by atoms with Crippen molar-refractivity contribution in [1.29, 1.82) is 0 Å². The highest BCUT2D eigenvalue weighted by Crippen LogP contribution is 2.41. The SMILES string of the molecule is CCOC(=O)c1c(C)n(C)c2c1c(C)c(OC)c1ccccc12. The zero-order chi connectivity index (χ0) is 16.7. The van der Waals surface area contributed by atoms with Crippen molar-refractivity contribution in [3.05, 3.63) is 41.1 Å².